The molecule has 0 radical (unpaired) electrons. The van der Waals surface area contributed by atoms with Gasteiger partial charge >= 0.3 is 0 Å². The summed E-state index contributed by atoms with van der Waals surface area (Å²) in [5.74, 6) is 2.09. The van der Waals surface area contributed by atoms with Gasteiger partial charge < -0.3 is 10.6 Å². The van der Waals surface area contributed by atoms with Crippen LogP contribution in [-0.4, -0.2) is 29.9 Å². The lowest BCUT2D eigenvalue weighted by Gasteiger charge is -2.25. The molecule has 4 atom stereocenters. The molecule has 0 aromatic rings. The maximum absolute atomic E-state index is 11.9. The fourth-order valence-electron chi connectivity index (χ4n) is 2.29. The van der Waals surface area contributed by atoms with Crippen LogP contribution in [0, 0.1) is 17.8 Å². The zero-order chi connectivity index (χ0) is 10.3. The third kappa shape index (κ3) is 1.65. The summed E-state index contributed by atoms with van der Waals surface area (Å²) in [6.45, 7) is 6.07. The average molecular weight is 196 g/mol. The number of nitrogens with two attached hydrogens (primary N) is 1. The second-order valence-electron chi connectivity index (χ2n) is 4.91. The van der Waals surface area contributed by atoms with Crippen LogP contribution in [-0.2, 0) is 4.79 Å². The van der Waals surface area contributed by atoms with Crippen molar-refractivity contribution in [3.63, 3.8) is 0 Å². The SMILES string of the molecule is CCC(C)C(N)C(=O)N1CC2CC2C1. The Kier molecular flexibility index (Phi) is 2.52. The number of fused-ring (bicyclic) bond motifs is 1. The molecule has 2 aliphatic rings. The van der Waals surface area contributed by atoms with Crippen LogP contribution in [0.1, 0.15) is 26.7 Å². The summed E-state index contributed by atoms with van der Waals surface area (Å²) >= 11 is 0. The molecule has 0 aromatic heterocycles. The van der Waals surface area contributed by atoms with Crippen molar-refractivity contribution in [2.24, 2.45) is 23.5 Å². The van der Waals surface area contributed by atoms with Gasteiger partial charge in [0.05, 0.1) is 6.04 Å². The van der Waals surface area contributed by atoms with E-state index in [2.05, 4.69) is 13.8 Å². The van der Waals surface area contributed by atoms with Gasteiger partial charge in [-0.05, 0) is 24.2 Å². The molecular weight excluding hydrogens is 176 g/mol. The zero-order valence-electron chi connectivity index (χ0n) is 9.07. The molecule has 4 unspecified atom stereocenters. The van der Waals surface area contributed by atoms with Crippen LogP contribution in [0.3, 0.4) is 0 Å². The van der Waals surface area contributed by atoms with E-state index >= 15 is 0 Å². The number of amides is 1. The predicted molar refractivity (Wildman–Crippen MR) is 55.6 cm³/mol. The lowest BCUT2D eigenvalue weighted by atomic mass is 9.99. The van der Waals surface area contributed by atoms with E-state index < -0.39 is 0 Å². The second kappa shape index (κ2) is 3.54. The molecule has 1 saturated carbocycles. The largest absolute Gasteiger partial charge is 0.341 e. The number of likely N-dealkylation sites (tertiary alicyclic amines) is 1. The van der Waals surface area contributed by atoms with Gasteiger partial charge in [0.1, 0.15) is 0 Å². The van der Waals surface area contributed by atoms with Crippen LogP contribution in [0.5, 0.6) is 0 Å². The highest BCUT2D eigenvalue weighted by molar-refractivity contribution is 5.82. The Balaban J connectivity index is 1.88. The van der Waals surface area contributed by atoms with Crippen molar-refractivity contribution < 1.29 is 4.79 Å². The lowest BCUT2D eigenvalue weighted by molar-refractivity contribution is -0.133. The second-order valence-corrected chi connectivity index (χ2v) is 4.91. The number of rotatable bonds is 3. The van der Waals surface area contributed by atoms with Gasteiger partial charge in [0.25, 0.3) is 0 Å². The molecule has 1 amide bonds. The lowest BCUT2D eigenvalue weighted by Crippen LogP contribution is -2.46. The maximum atomic E-state index is 11.9. The van der Waals surface area contributed by atoms with E-state index in [4.69, 9.17) is 5.73 Å². The third-order valence-electron chi connectivity index (χ3n) is 3.83. The van der Waals surface area contributed by atoms with Crippen molar-refractivity contribution >= 4 is 5.91 Å². The smallest absolute Gasteiger partial charge is 0.239 e. The van der Waals surface area contributed by atoms with Gasteiger partial charge in [-0.1, -0.05) is 20.3 Å². The molecule has 3 nitrogen and oxygen atoms in total. The fourth-order valence-corrected chi connectivity index (χ4v) is 2.29. The molecule has 0 bridgehead atoms. The number of piperidine rings is 1. The minimum atomic E-state index is -0.280. The number of hydrogen-bond acceptors (Lipinski definition) is 2. The van der Waals surface area contributed by atoms with E-state index in [1.165, 1.54) is 6.42 Å². The van der Waals surface area contributed by atoms with Gasteiger partial charge in [-0.2, -0.15) is 0 Å². The minimum Gasteiger partial charge on any atom is -0.341 e. The van der Waals surface area contributed by atoms with Gasteiger partial charge in [-0.25, -0.2) is 0 Å². The van der Waals surface area contributed by atoms with E-state index in [1.54, 1.807) is 0 Å². The van der Waals surface area contributed by atoms with Gasteiger partial charge in [-0.3, -0.25) is 4.79 Å². The summed E-state index contributed by atoms with van der Waals surface area (Å²) in [7, 11) is 0. The Bertz CT molecular complexity index is 227. The summed E-state index contributed by atoms with van der Waals surface area (Å²) in [6, 6.07) is -0.280. The third-order valence-corrected chi connectivity index (χ3v) is 3.83. The van der Waals surface area contributed by atoms with Crippen molar-refractivity contribution in [1.82, 2.24) is 4.90 Å². The Hall–Kier alpha value is -0.570. The number of carbonyl (C=O) groups is 1. The molecule has 2 rings (SSSR count). The number of nitrogens with zero attached hydrogens (tertiary/aromatic N) is 1. The Morgan fingerprint density at radius 3 is 2.57 bits per heavy atom. The van der Waals surface area contributed by atoms with Crippen molar-refractivity contribution in [3.8, 4) is 0 Å². The van der Waals surface area contributed by atoms with Crippen molar-refractivity contribution in [2.45, 2.75) is 32.7 Å². The maximum Gasteiger partial charge on any atom is 0.239 e. The van der Waals surface area contributed by atoms with E-state index in [0.29, 0.717) is 5.92 Å². The quantitative estimate of drug-likeness (QED) is 0.727. The van der Waals surface area contributed by atoms with Crippen molar-refractivity contribution in [3.05, 3.63) is 0 Å². The first-order chi connectivity index (χ1) is 6.63. The van der Waals surface area contributed by atoms with Crippen LogP contribution >= 0.6 is 0 Å². The summed E-state index contributed by atoms with van der Waals surface area (Å²) in [6.07, 6.45) is 2.32. The Morgan fingerprint density at radius 1 is 1.50 bits per heavy atom. The molecule has 2 fully saturated rings. The average Bonchev–Trinajstić information content (AvgIpc) is 2.82. The molecule has 80 valence electrons. The fraction of sp³-hybridized carbons (Fsp3) is 0.909. The highest BCUT2D eigenvalue weighted by atomic mass is 16.2. The predicted octanol–water partition coefficient (Wildman–Crippen LogP) is 0.838. The van der Waals surface area contributed by atoms with Crippen LogP contribution in [0.25, 0.3) is 0 Å². The summed E-state index contributed by atoms with van der Waals surface area (Å²) in [5, 5.41) is 0. The number of carbonyl (C=O) groups excluding carboxylic acids is 1. The number of hydrogen-bond donors (Lipinski definition) is 1. The zero-order valence-corrected chi connectivity index (χ0v) is 9.07. The molecular formula is C11H20N2O. The molecule has 14 heavy (non-hydrogen) atoms. The highest BCUT2D eigenvalue weighted by Crippen LogP contribution is 2.45. The van der Waals surface area contributed by atoms with Gasteiger partial charge in [0.15, 0.2) is 0 Å². The van der Waals surface area contributed by atoms with Gasteiger partial charge in [0, 0.05) is 13.1 Å². The first-order valence-corrected chi connectivity index (χ1v) is 5.67. The molecule has 0 aromatic carbocycles. The molecule has 3 heteroatoms. The van der Waals surface area contributed by atoms with Crippen LogP contribution in [0.15, 0.2) is 0 Å². The molecule has 0 spiro atoms. The molecule has 1 heterocycles. The first-order valence-electron chi connectivity index (χ1n) is 5.67. The van der Waals surface area contributed by atoms with Crippen molar-refractivity contribution in [2.75, 3.05) is 13.1 Å². The van der Waals surface area contributed by atoms with Crippen LogP contribution < -0.4 is 5.73 Å². The molecule has 1 aliphatic carbocycles. The summed E-state index contributed by atoms with van der Waals surface area (Å²) in [4.78, 5) is 13.9. The Morgan fingerprint density at radius 2 is 2.07 bits per heavy atom. The summed E-state index contributed by atoms with van der Waals surface area (Å²) in [5.41, 5.74) is 5.92. The molecule has 2 N–H and O–H groups in total. The van der Waals surface area contributed by atoms with E-state index in [-0.39, 0.29) is 11.9 Å². The minimum absolute atomic E-state index is 0.173. The topological polar surface area (TPSA) is 46.3 Å². The molecule has 1 aliphatic heterocycles. The van der Waals surface area contributed by atoms with E-state index in [0.717, 1.165) is 31.3 Å². The van der Waals surface area contributed by atoms with Crippen LogP contribution in [0.2, 0.25) is 0 Å². The van der Waals surface area contributed by atoms with Gasteiger partial charge in [0.2, 0.25) is 5.91 Å². The Labute approximate surface area is 85.6 Å². The first kappa shape index (κ1) is 9.97. The standard InChI is InChI=1S/C11H20N2O/c1-3-7(2)10(12)11(14)13-5-8-4-9(8)6-13/h7-10H,3-6,12H2,1-2H3. The van der Waals surface area contributed by atoms with Crippen molar-refractivity contribution in [1.29, 1.82) is 0 Å². The normalized spacial score (nSPS) is 33.8. The van der Waals surface area contributed by atoms with E-state index in [1.807, 2.05) is 4.90 Å². The monoisotopic (exact) mass is 196 g/mol. The van der Waals surface area contributed by atoms with Crippen LogP contribution in [0.4, 0.5) is 0 Å². The van der Waals surface area contributed by atoms with Gasteiger partial charge in [-0.15, -0.1) is 0 Å². The van der Waals surface area contributed by atoms with E-state index in [9.17, 15) is 4.79 Å². The molecule has 1 saturated heterocycles. The summed E-state index contributed by atoms with van der Waals surface area (Å²) < 4.78 is 0. The highest BCUT2D eigenvalue weighted by Gasteiger charge is 2.47.